The maximum Gasteiger partial charge on any atom is 0.359 e. The summed E-state index contributed by atoms with van der Waals surface area (Å²) in [6.07, 6.45) is 0. The van der Waals surface area contributed by atoms with Gasteiger partial charge in [-0.3, -0.25) is 0 Å². The van der Waals surface area contributed by atoms with Gasteiger partial charge in [-0.2, -0.15) is 0 Å². The van der Waals surface area contributed by atoms with Crippen LogP contribution in [0.2, 0.25) is 0 Å². The van der Waals surface area contributed by atoms with E-state index in [4.69, 9.17) is 0 Å². The van der Waals surface area contributed by atoms with Crippen LogP contribution in [0.1, 0.15) is 10.5 Å². The van der Waals surface area contributed by atoms with Crippen molar-refractivity contribution in [2.45, 2.75) is 0 Å². The molecule has 0 amide bonds. The summed E-state index contributed by atoms with van der Waals surface area (Å²) < 4.78 is 5.46. The second-order valence-electron chi connectivity index (χ2n) is 3.68. The van der Waals surface area contributed by atoms with Gasteiger partial charge >= 0.3 is 5.97 Å². The van der Waals surface area contributed by atoms with E-state index >= 15 is 0 Å². The van der Waals surface area contributed by atoms with Crippen molar-refractivity contribution in [2.75, 3.05) is 7.11 Å². The Morgan fingerprint density at radius 2 is 2.05 bits per heavy atom. The minimum Gasteiger partial charge on any atom is -0.857 e. The van der Waals surface area contributed by atoms with Crippen molar-refractivity contribution in [1.29, 1.82) is 0 Å². The van der Waals surface area contributed by atoms with Crippen LogP contribution in [-0.4, -0.2) is 28.1 Å². The Hall–Kier alpha value is -2.23. The van der Waals surface area contributed by atoms with Crippen molar-refractivity contribution in [3.05, 3.63) is 40.7 Å². The minimum absolute atomic E-state index is 0.300. The van der Waals surface area contributed by atoms with Gasteiger partial charge in [0.2, 0.25) is 0 Å². The number of hydrogen-bond donors (Lipinski definition) is 1. The lowest BCUT2D eigenvalue weighted by molar-refractivity contribution is -0.278. The summed E-state index contributed by atoms with van der Waals surface area (Å²) in [5.41, 5.74) is 3.40. The molecule has 0 fully saturated rings. The molecule has 0 saturated heterocycles. The first-order valence-electron chi connectivity index (χ1n) is 5.74. The molecule has 3 aromatic rings. The Bertz CT molecular complexity index is 692. The first kappa shape index (κ1) is 15.2. The molecule has 7 nitrogen and oxygen atoms in total. The van der Waals surface area contributed by atoms with E-state index in [0.717, 1.165) is 9.68 Å². The van der Waals surface area contributed by atoms with Gasteiger partial charge in [0.25, 0.3) is 0 Å². The first-order valence-corrected chi connectivity index (χ1v) is 7.49. The number of rotatable bonds is 2. The lowest BCUT2D eigenvalue weighted by Gasteiger charge is -2.07. The fraction of sp³-hybridized carbons (Fsp3) is 0.0833. The monoisotopic (exact) mass is 324 g/mol. The lowest BCUT2D eigenvalue weighted by Crippen LogP contribution is -2.38. The number of hydrogen-bond acceptors (Lipinski definition) is 7. The average Bonchev–Trinajstić information content (AvgIpc) is 3.20. The van der Waals surface area contributed by atoms with E-state index < -0.39 is 11.8 Å². The highest BCUT2D eigenvalue weighted by atomic mass is 32.1. The number of ether oxygens (including phenoxy) is 1. The Kier molecular flexibility index (Phi) is 5.04. The molecule has 21 heavy (non-hydrogen) atoms. The zero-order chi connectivity index (χ0) is 15.2. The highest BCUT2D eigenvalue weighted by Crippen LogP contribution is 2.20. The lowest BCUT2D eigenvalue weighted by atomic mass is 10.4. The highest BCUT2D eigenvalue weighted by Gasteiger charge is 2.14. The van der Waals surface area contributed by atoms with Crippen molar-refractivity contribution in [3.8, 4) is 10.9 Å². The topological polar surface area (TPSA) is 108 Å². The maximum atomic E-state index is 11.6. The van der Waals surface area contributed by atoms with Crippen LogP contribution in [0.5, 0.6) is 5.88 Å². The number of quaternary nitrogens is 1. The predicted octanol–water partition coefficient (Wildman–Crippen LogP) is 0.810. The van der Waals surface area contributed by atoms with Gasteiger partial charge in [-0.05, 0) is 29.0 Å². The number of nitrogens with zero attached hydrogens (tertiary/aromatic N) is 3. The molecule has 0 spiro atoms. The van der Waals surface area contributed by atoms with Crippen molar-refractivity contribution in [3.63, 3.8) is 0 Å². The van der Waals surface area contributed by atoms with Crippen LogP contribution in [0.3, 0.4) is 0 Å². The molecule has 0 saturated carbocycles. The van der Waals surface area contributed by atoms with Crippen molar-refractivity contribution >= 4 is 33.6 Å². The van der Waals surface area contributed by atoms with Crippen molar-refractivity contribution < 1.29 is 20.4 Å². The molecule has 3 rings (SSSR count). The Balaban J connectivity index is 0.000000225. The Labute approximate surface area is 128 Å². The molecule has 0 unspecified atom stereocenters. The molecule has 0 atom stereocenters. The van der Waals surface area contributed by atoms with Gasteiger partial charge in [-0.15, -0.1) is 16.4 Å². The van der Waals surface area contributed by atoms with E-state index in [1.54, 1.807) is 28.8 Å². The van der Waals surface area contributed by atoms with Gasteiger partial charge in [0.15, 0.2) is 10.7 Å². The van der Waals surface area contributed by atoms with Crippen LogP contribution < -0.4 is 10.8 Å². The minimum atomic E-state index is -0.775. The molecule has 9 heteroatoms. The van der Waals surface area contributed by atoms with Gasteiger partial charge in [0, 0.05) is 11.9 Å². The van der Waals surface area contributed by atoms with Crippen LogP contribution in [0, 0.1) is 0 Å². The fourth-order valence-electron chi connectivity index (χ4n) is 1.35. The third-order valence-electron chi connectivity index (χ3n) is 2.30. The van der Waals surface area contributed by atoms with Crippen LogP contribution >= 0.6 is 22.7 Å². The molecule has 0 aliphatic heterocycles. The number of aromatic nitrogens is 3. The summed E-state index contributed by atoms with van der Waals surface area (Å²) in [7, 11) is 1.19. The molecule has 110 valence electrons. The maximum absolute atomic E-state index is 11.6. The Morgan fingerprint density at radius 3 is 2.52 bits per heavy atom. The normalized spacial score (nSPS) is 9.81. The molecule has 3 aromatic heterocycles. The SMILES string of the molecule is COC(=O)c1nnn(-c2cccs2)c1[O-].[NH3+]c1cccs1. The van der Waals surface area contributed by atoms with Crippen molar-refractivity contribution in [2.24, 2.45) is 0 Å². The van der Waals surface area contributed by atoms with Gasteiger partial charge in [0.05, 0.1) is 7.11 Å². The van der Waals surface area contributed by atoms with E-state index in [-0.39, 0.29) is 5.69 Å². The summed E-state index contributed by atoms with van der Waals surface area (Å²) in [5.74, 6) is -1.34. The van der Waals surface area contributed by atoms with Gasteiger partial charge < -0.3 is 15.6 Å². The molecular formula is C12H12N4O3S2. The fourth-order valence-corrected chi connectivity index (χ4v) is 2.51. The Morgan fingerprint density at radius 1 is 1.33 bits per heavy atom. The highest BCUT2D eigenvalue weighted by molar-refractivity contribution is 7.13. The summed E-state index contributed by atoms with van der Waals surface area (Å²) in [6, 6.07) is 7.47. The number of thiophene rings is 2. The second kappa shape index (κ2) is 6.97. The number of carbonyl (C=O) groups excluding carboxylic acids is 1. The standard InChI is InChI=1S/C8H7N3O3S.C4H5NS/c1-14-8(13)6-7(12)11(10-9-6)5-3-2-4-15-5;5-4-2-1-3-6-4/h2-4,12H,1H3;1-3H,5H2. The molecule has 0 aliphatic rings. The average molecular weight is 324 g/mol. The molecule has 3 heterocycles. The third-order valence-corrected chi connectivity index (χ3v) is 3.88. The van der Waals surface area contributed by atoms with E-state index in [9.17, 15) is 9.90 Å². The second-order valence-corrected chi connectivity index (χ2v) is 5.64. The van der Waals surface area contributed by atoms with Crippen LogP contribution in [0.4, 0.5) is 5.00 Å². The summed E-state index contributed by atoms with van der Waals surface area (Å²) in [5, 5.41) is 24.2. The van der Waals surface area contributed by atoms with Crippen molar-refractivity contribution in [1.82, 2.24) is 15.0 Å². The molecule has 3 N–H and O–H groups in total. The van der Waals surface area contributed by atoms with Gasteiger partial charge in [0.1, 0.15) is 5.00 Å². The quantitative estimate of drug-likeness (QED) is 0.702. The van der Waals surface area contributed by atoms with Gasteiger partial charge in [-0.25, -0.2) is 9.48 Å². The number of carbonyl (C=O) groups is 1. The molecule has 0 bridgehead atoms. The zero-order valence-electron chi connectivity index (χ0n) is 11.1. The van der Waals surface area contributed by atoms with Crippen LogP contribution in [0.15, 0.2) is 35.0 Å². The first-order chi connectivity index (χ1) is 10.1. The molecule has 0 radical (unpaired) electrons. The molecular weight excluding hydrogens is 312 g/mol. The van der Waals surface area contributed by atoms with E-state index in [0.29, 0.717) is 5.00 Å². The summed E-state index contributed by atoms with van der Waals surface area (Å²) in [6.45, 7) is 0. The van der Waals surface area contributed by atoms with Crippen LogP contribution in [0.25, 0.3) is 5.00 Å². The predicted molar refractivity (Wildman–Crippen MR) is 76.9 cm³/mol. The number of methoxy groups -OCH3 is 1. The zero-order valence-corrected chi connectivity index (χ0v) is 12.7. The van der Waals surface area contributed by atoms with E-state index in [1.165, 1.54) is 18.4 Å². The summed E-state index contributed by atoms with van der Waals surface area (Å²) >= 11 is 3.00. The van der Waals surface area contributed by atoms with Gasteiger partial charge in [-0.1, -0.05) is 16.6 Å². The van der Waals surface area contributed by atoms with Crippen LogP contribution in [-0.2, 0) is 4.74 Å². The summed E-state index contributed by atoms with van der Waals surface area (Å²) in [4.78, 5) is 11.1. The van der Waals surface area contributed by atoms with E-state index in [1.807, 2.05) is 17.5 Å². The smallest absolute Gasteiger partial charge is 0.359 e. The molecule has 0 aliphatic carbocycles. The molecule has 0 aromatic carbocycles. The number of esters is 1. The van der Waals surface area contributed by atoms with E-state index in [2.05, 4.69) is 20.8 Å². The third kappa shape index (κ3) is 3.66. The largest absolute Gasteiger partial charge is 0.857 e.